The van der Waals surface area contributed by atoms with Gasteiger partial charge in [-0.15, -0.1) is 11.3 Å². The van der Waals surface area contributed by atoms with Gasteiger partial charge in [-0.3, -0.25) is 9.69 Å². The normalized spacial score (nSPS) is 17.4. The molecular weight excluding hydrogens is 368 g/mol. The Hall–Kier alpha value is -2.50. The van der Waals surface area contributed by atoms with E-state index in [9.17, 15) is 4.79 Å². The number of piperidine rings is 1. The maximum absolute atomic E-state index is 13.0. The Bertz CT molecular complexity index is 939. The zero-order valence-corrected chi connectivity index (χ0v) is 16.8. The molecule has 1 aliphatic heterocycles. The highest BCUT2D eigenvalue weighted by Gasteiger charge is 2.27. The molecule has 0 bridgehead atoms. The van der Waals surface area contributed by atoms with E-state index >= 15 is 0 Å². The van der Waals surface area contributed by atoms with Crippen LogP contribution < -0.4 is 4.74 Å². The van der Waals surface area contributed by atoms with E-state index in [1.807, 2.05) is 42.5 Å². The molecule has 1 fully saturated rings. The minimum Gasteiger partial charge on any atom is -0.497 e. The molecule has 4 rings (SSSR count). The topological polar surface area (TPSA) is 42.4 Å². The molecule has 5 heteroatoms. The lowest BCUT2D eigenvalue weighted by atomic mass is 9.90. The van der Waals surface area contributed by atoms with Crippen LogP contribution in [0.1, 0.15) is 28.2 Å². The maximum atomic E-state index is 13.0. The Morgan fingerprint density at radius 3 is 2.89 bits per heavy atom. The van der Waals surface area contributed by atoms with Crippen LogP contribution in [0.25, 0.3) is 11.3 Å². The van der Waals surface area contributed by atoms with Crippen molar-refractivity contribution < 1.29 is 9.53 Å². The number of likely N-dealkylation sites (tertiary alicyclic amines) is 1. The fraction of sp³-hybridized carbons (Fsp3) is 0.304. The van der Waals surface area contributed by atoms with Gasteiger partial charge in [-0.25, -0.2) is 4.98 Å². The van der Waals surface area contributed by atoms with E-state index in [-0.39, 0.29) is 11.7 Å². The molecule has 0 unspecified atom stereocenters. The number of rotatable bonds is 6. The van der Waals surface area contributed by atoms with Crippen molar-refractivity contribution in [2.45, 2.75) is 19.4 Å². The number of nitrogens with zero attached hydrogens (tertiary/aromatic N) is 2. The fourth-order valence-electron chi connectivity index (χ4n) is 3.74. The standard InChI is InChI=1S/C23H24N2O2S/c1-27-20-11-5-9-18(13-20)23(26)19-10-6-12-25(14-19)15-22-24-21(16-28-22)17-7-3-2-4-8-17/h2-5,7-9,11,13,16,19H,6,10,12,14-15H2,1H3/t19-/m0/s1. The minimum atomic E-state index is 0.0365. The zero-order valence-electron chi connectivity index (χ0n) is 16.0. The van der Waals surface area contributed by atoms with E-state index in [0.717, 1.165) is 60.1 Å². The van der Waals surface area contributed by atoms with Crippen molar-refractivity contribution in [3.05, 3.63) is 70.5 Å². The molecule has 0 saturated carbocycles. The Kier molecular flexibility index (Phi) is 5.84. The first kappa shape index (κ1) is 18.8. The summed E-state index contributed by atoms with van der Waals surface area (Å²) in [5.74, 6) is 0.983. The molecule has 3 aromatic rings. The first-order valence-electron chi connectivity index (χ1n) is 9.63. The predicted octanol–water partition coefficient (Wildman–Crippen LogP) is 4.91. The van der Waals surface area contributed by atoms with Gasteiger partial charge in [0.15, 0.2) is 5.78 Å². The molecule has 28 heavy (non-hydrogen) atoms. The highest BCUT2D eigenvalue weighted by Crippen LogP contribution is 2.26. The Morgan fingerprint density at radius 1 is 1.21 bits per heavy atom. The molecule has 1 aromatic heterocycles. The number of ether oxygens (including phenoxy) is 1. The van der Waals surface area contributed by atoms with Crippen LogP contribution in [0, 0.1) is 5.92 Å². The first-order valence-corrected chi connectivity index (χ1v) is 10.5. The smallest absolute Gasteiger partial charge is 0.167 e. The quantitative estimate of drug-likeness (QED) is 0.559. The SMILES string of the molecule is COc1cccc(C(=O)[C@H]2CCCN(Cc3nc(-c4ccccc4)cs3)C2)c1. The lowest BCUT2D eigenvalue weighted by Gasteiger charge is -2.31. The lowest BCUT2D eigenvalue weighted by Crippen LogP contribution is -2.38. The van der Waals surface area contributed by atoms with Crippen LogP contribution in [0.2, 0.25) is 0 Å². The number of thiazole rings is 1. The van der Waals surface area contributed by atoms with Crippen molar-refractivity contribution in [1.29, 1.82) is 0 Å². The number of hydrogen-bond acceptors (Lipinski definition) is 5. The number of hydrogen-bond donors (Lipinski definition) is 0. The van der Waals surface area contributed by atoms with Crippen molar-refractivity contribution in [3.63, 3.8) is 0 Å². The number of Topliss-reactive ketones (excluding diaryl/α,β-unsaturated/α-hetero) is 1. The third-order valence-corrected chi connectivity index (χ3v) is 6.04. The molecule has 0 N–H and O–H groups in total. The van der Waals surface area contributed by atoms with Gasteiger partial charge in [-0.05, 0) is 31.5 Å². The van der Waals surface area contributed by atoms with Gasteiger partial charge in [0.1, 0.15) is 10.8 Å². The summed E-state index contributed by atoms with van der Waals surface area (Å²) in [6, 6.07) is 17.7. The molecule has 2 aromatic carbocycles. The second-order valence-electron chi connectivity index (χ2n) is 7.16. The van der Waals surface area contributed by atoms with Crippen molar-refractivity contribution in [1.82, 2.24) is 9.88 Å². The summed E-state index contributed by atoms with van der Waals surface area (Å²) < 4.78 is 5.26. The van der Waals surface area contributed by atoms with E-state index in [0.29, 0.717) is 0 Å². The van der Waals surface area contributed by atoms with Gasteiger partial charge in [0.05, 0.1) is 19.3 Å². The Morgan fingerprint density at radius 2 is 2.07 bits per heavy atom. The largest absolute Gasteiger partial charge is 0.497 e. The third kappa shape index (κ3) is 4.32. The summed E-state index contributed by atoms with van der Waals surface area (Å²) in [5.41, 5.74) is 2.92. The van der Waals surface area contributed by atoms with Gasteiger partial charge in [0.2, 0.25) is 0 Å². The molecule has 144 valence electrons. The lowest BCUT2D eigenvalue weighted by molar-refractivity contribution is 0.0811. The number of methoxy groups -OCH3 is 1. The number of aromatic nitrogens is 1. The third-order valence-electron chi connectivity index (χ3n) is 5.21. The molecule has 0 amide bonds. The molecule has 0 radical (unpaired) electrons. The number of carbonyl (C=O) groups excluding carboxylic acids is 1. The van der Waals surface area contributed by atoms with Crippen LogP contribution in [0.5, 0.6) is 5.75 Å². The molecular formula is C23H24N2O2S. The molecule has 0 aliphatic carbocycles. The van der Waals surface area contributed by atoms with Gasteiger partial charge in [0.25, 0.3) is 0 Å². The molecule has 2 heterocycles. The molecule has 0 spiro atoms. The molecule has 4 nitrogen and oxygen atoms in total. The van der Waals surface area contributed by atoms with Crippen LogP contribution >= 0.6 is 11.3 Å². The number of benzene rings is 2. The summed E-state index contributed by atoms with van der Waals surface area (Å²) in [7, 11) is 1.63. The molecule has 1 atom stereocenters. The number of carbonyl (C=O) groups is 1. The van der Waals surface area contributed by atoms with Crippen molar-refractivity contribution in [2.75, 3.05) is 20.2 Å². The van der Waals surface area contributed by atoms with E-state index in [2.05, 4.69) is 22.4 Å². The molecule has 1 saturated heterocycles. The van der Waals surface area contributed by atoms with Gasteiger partial charge in [0, 0.05) is 29.0 Å². The summed E-state index contributed by atoms with van der Waals surface area (Å²) in [6.45, 7) is 2.61. The van der Waals surface area contributed by atoms with Gasteiger partial charge in [-0.1, -0.05) is 42.5 Å². The first-order chi connectivity index (χ1) is 13.7. The van der Waals surface area contributed by atoms with Crippen LogP contribution in [0.4, 0.5) is 0 Å². The van der Waals surface area contributed by atoms with E-state index in [4.69, 9.17) is 9.72 Å². The average molecular weight is 393 g/mol. The predicted molar refractivity (Wildman–Crippen MR) is 113 cm³/mol. The Labute approximate surface area is 169 Å². The van der Waals surface area contributed by atoms with Gasteiger partial charge in [-0.2, -0.15) is 0 Å². The van der Waals surface area contributed by atoms with Crippen LogP contribution in [-0.2, 0) is 6.54 Å². The second-order valence-corrected chi connectivity index (χ2v) is 8.11. The maximum Gasteiger partial charge on any atom is 0.167 e. The summed E-state index contributed by atoms with van der Waals surface area (Å²) in [6.07, 6.45) is 1.98. The average Bonchev–Trinajstić information content (AvgIpc) is 3.22. The van der Waals surface area contributed by atoms with Crippen LogP contribution in [-0.4, -0.2) is 35.9 Å². The number of ketones is 1. The molecule has 1 aliphatic rings. The minimum absolute atomic E-state index is 0.0365. The van der Waals surface area contributed by atoms with Crippen molar-refractivity contribution >= 4 is 17.1 Å². The van der Waals surface area contributed by atoms with E-state index in [1.165, 1.54) is 0 Å². The highest BCUT2D eigenvalue weighted by atomic mass is 32.1. The fourth-order valence-corrected chi connectivity index (χ4v) is 4.59. The van der Waals surface area contributed by atoms with Crippen LogP contribution in [0.15, 0.2) is 60.0 Å². The summed E-state index contributed by atoms with van der Waals surface area (Å²) in [5, 5.41) is 3.22. The summed E-state index contributed by atoms with van der Waals surface area (Å²) >= 11 is 1.69. The Balaban J connectivity index is 1.41. The van der Waals surface area contributed by atoms with Gasteiger partial charge < -0.3 is 4.74 Å². The van der Waals surface area contributed by atoms with Crippen LogP contribution in [0.3, 0.4) is 0 Å². The summed E-state index contributed by atoms with van der Waals surface area (Å²) in [4.78, 5) is 20.1. The highest BCUT2D eigenvalue weighted by molar-refractivity contribution is 7.09. The monoisotopic (exact) mass is 392 g/mol. The van der Waals surface area contributed by atoms with Crippen molar-refractivity contribution in [2.24, 2.45) is 5.92 Å². The van der Waals surface area contributed by atoms with Crippen molar-refractivity contribution in [3.8, 4) is 17.0 Å². The second kappa shape index (κ2) is 8.67. The van der Waals surface area contributed by atoms with E-state index < -0.39 is 0 Å². The van der Waals surface area contributed by atoms with E-state index in [1.54, 1.807) is 18.4 Å². The zero-order chi connectivity index (χ0) is 19.3. The van der Waals surface area contributed by atoms with Gasteiger partial charge >= 0.3 is 0 Å².